The Bertz CT molecular complexity index is 1080. The first-order chi connectivity index (χ1) is 13.9. The van der Waals surface area contributed by atoms with Crippen LogP contribution in [0.15, 0.2) is 51.7 Å². The molecular weight excluding hydrogens is 376 g/mol. The van der Waals surface area contributed by atoms with Gasteiger partial charge >= 0.3 is 5.97 Å². The highest BCUT2D eigenvalue weighted by Crippen LogP contribution is 2.29. The molecule has 0 spiro atoms. The minimum Gasteiger partial charge on any atom is -0.497 e. The summed E-state index contributed by atoms with van der Waals surface area (Å²) in [6.45, 7) is 5.23. The van der Waals surface area contributed by atoms with Gasteiger partial charge in [0, 0.05) is 12.1 Å². The van der Waals surface area contributed by atoms with Gasteiger partial charge in [-0.1, -0.05) is 6.07 Å². The Morgan fingerprint density at radius 2 is 1.86 bits per heavy atom. The summed E-state index contributed by atoms with van der Waals surface area (Å²) in [7, 11) is 1.55. The summed E-state index contributed by atoms with van der Waals surface area (Å²) < 4.78 is 27.2. The summed E-state index contributed by atoms with van der Waals surface area (Å²) in [5.74, 6) is 1.42. The van der Waals surface area contributed by atoms with E-state index >= 15 is 0 Å². The van der Waals surface area contributed by atoms with Crippen molar-refractivity contribution in [1.29, 1.82) is 0 Å². The fourth-order valence-corrected chi connectivity index (χ4v) is 2.75. The van der Waals surface area contributed by atoms with Crippen LogP contribution in [0.4, 0.5) is 0 Å². The number of fused-ring (bicyclic) bond motifs is 1. The highest BCUT2D eigenvalue weighted by atomic mass is 16.6. The lowest BCUT2D eigenvalue weighted by Gasteiger charge is -2.14. The summed E-state index contributed by atoms with van der Waals surface area (Å²) in [6, 6.07) is 11.7. The third-order valence-corrected chi connectivity index (χ3v) is 4.18. The minimum absolute atomic E-state index is 0.0966. The third-order valence-electron chi connectivity index (χ3n) is 4.18. The van der Waals surface area contributed by atoms with Crippen LogP contribution in [-0.4, -0.2) is 25.8 Å². The second kappa shape index (κ2) is 8.68. The number of hydrogen-bond donors (Lipinski definition) is 0. The fraction of sp³-hybridized carbons (Fsp3) is 0.273. The van der Waals surface area contributed by atoms with Crippen LogP contribution >= 0.6 is 0 Å². The number of carbonyl (C=O) groups excluding carboxylic acids is 1. The Balaban J connectivity index is 1.91. The zero-order chi connectivity index (χ0) is 21.0. The van der Waals surface area contributed by atoms with Gasteiger partial charge in [-0.15, -0.1) is 0 Å². The van der Waals surface area contributed by atoms with Crippen LogP contribution in [0.25, 0.3) is 11.0 Å². The van der Waals surface area contributed by atoms with Gasteiger partial charge in [0.1, 0.15) is 28.6 Å². The Kier molecular flexibility index (Phi) is 6.07. The van der Waals surface area contributed by atoms with Crippen molar-refractivity contribution >= 4 is 16.9 Å². The number of esters is 1. The van der Waals surface area contributed by atoms with Crippen molar-refractivity contribution in [3.8, 4) is 23.0 Å². The molecule has 3 rings (SSSR count). The molecule has 0 saturated heterocycles. The normalized spacial score (nSPS) is 11.7. The second-order valence-corrected chi connectivity index (χ2v) is 6.27. The Morgan fingerprint density at radius 1 is 1.10 bits per heavy atom. The Labute approximate surface area is 167 Å². The largest absolute Gasteiger partial charge is 0.497 e. The van der Waals surface area contributed by atoms with Crippen LogP contribution in [0.2, 0.25) is 0 Å². The molecule has 29 heavy (non-hydrogen) atoms. The van der Waals surface area contributed by atoms with E-state index in [1.807, 2.05) is 0 Å². The molecule has 0 aliphatic rings. The number of rotatable bonds is 7. The maximum Gasteiger partial charge on any atom is 0.347 e. The summed E-state index contributed by atoms with van der Waals surface area (Å²) in [4.78, 5) is 24.6. The number of benzene rings is 2. The Hall–Kier alpha value is -3.48. The molecule has 152 valence electrons. The number of ether oxygens (including phenoxy) is 4. The Morgan fingerprint density at radius 3 is 2.59 bits per heavy atom. The monoisotopic (exact) mass is 398 g/mol. The fourth-order valence-electron chi connectivity index (χ4n) is 2.75. The summed E-state index contributed by atoms with van der Waals surface area (Å²) in [5.41, 5.74) is 0.0237. The van der Waals surface area contributed by atoms with Crippen molar-refractivity contribution in [2.45, 2.75) is 26.9 Å². The summed E-state index contributed by atoms with van der Waals surface area (Å²) in [6.07, 6.45) is -0.782. The molecule has 0 radical (unpaired) electrons. The SMILES string of the molecule is CCOC(=O)[C@@H](C)Oc1ccc2c(=O)c(Oc3cccc(OC)c3)c(C)oc2c1. The second-order valence-electron chi connectivity index (χ2n) is 6.27. The molecule has 0 N–H and O–H groups in total. The van der Waals surface area contributed by atoms with Gasteiger partial charge in [-0.2, -0.15) is 0 Å². The predicted molar refractivity (Wildman–Crippen MR) is 107 cm³/mol. The average Bonchev–Trinajstić information content (AvgIpc) is 2.71. The lowest BCUT2D eigenvalue weighted by atomic mass is 10.2. The van der Waals surface area contributed by atoms with E-state index in [1.165, 1.54) is 0 Å². The van der Waals surface area contributed by atoms with E-state index in [1.54, 1.807) is 70.3 Å². The molecule has 2 aromatic carbocycles. The number of carbonyl (C=O) groups is 1. The summed E-state index contributed by atoms with van der Waals surface area (Å²) >= 11 is 0. The molecule has 1 heterocycles. The molecular formula is C22H22O7. The molecule has 0 unspecified atom stereocenters. The zero-order valence-corrected chi connectivity index (χ0v) is 16.7. The van der Waals surface area contributed by atoms with Crippen LogP contribution in [0.5, 0.6) is 23.0 Å². The van der Waals surface area contributed by atoms with Gasteiger partial charge in [0.15, 0.2) is 6.10 Å². The van der Waals surface area contributed by atoms with Gasteiger partial charge in [0.25, 0.3) is 0 Å². The number of hydrogen-bond acceptors (Lipinski definition) is 7. The molecule has 3 aromatic rings. The van der Waals surface area contributed by atoms with Crippen LogP contribution in [0.1, 0.15) is 19.6 Å². The van der Waals surface area contributed by atoms with Gasteiger partial charge in [0.05, 0.1) is 19.1 Å². The summed E-state index contributed by atoms with van der Waals surface area (Å²) in [5, 5.41) is 0.338. The first-order valence-electron chi connectivity index (χ1n) is 9.15. The van der Waals surface area contributed by atoms with Gasteiger partial charge in [-0.05, 0) is 45.0 Å². The standard InChI is InChI=1S/C22H22O7/c1-5-26-22(24)14(3)27-17-9-10-18-19(12-17)28-13(2)21(20(18)23)29-16-8-6-7-15(11-16)25-4/h6-12,14H,5H2,1-4H3/t14-/m1/s1. The van der Waals surface area contributed by atoms with E-state index in [2.05, 4.69) is 0 Å². The van der Waals surface area contributed by atoms with Crippen LogP contribution in [0.3, 0.4) is 0 Å². The average molecular weight is 398 g/mol. The maximum atomic E-state index is 12.9. The molecule has 7 heteroatoms. The third kappa shape index (κ3) is 4.51. The molecule has 0 saturated carbocycles. The highest BCUT2D eigenvalue weighted by Gasteiger charge is 2.18. The quantitative estimate of drug-likeness (QED) is 0.551. The lowest BCUT2D eigenvalue weighted by Crippen LogP contribution is -2.26. The molecule has 0 aliphatic carbocycles. The zero-order valence-electron chi connectivity index (χ0n) is 16.7. The maximum absolute atomic E-state index is 12.9. The number of methoxy groups -OCH3 is 1. The molecule has 0 amide bonds. The molecule has 1 atom stereocenters. The van der Waals surface area contributed by atoms with Crippen molar-refractivity contribution in [2.24, 2.45) is 0 Å². The van der Waals surface area contributed by atoms with E-state index in [0.717, 1.165) is 0 Å². The van der Waals surface area contributed by atoms with Gasteiger partial charge in [0.2, 0.25) is 11.2 Å². The molecule has 0 fully saturated rings. The predicted octanol–water partition coefficient (Wildman–Crippen LogP) is 4.23. The molecule has 0 bridgehead atoms. The molecule has 7 nitrogen and oxygen atoms in total. The first-order valence-corrected chi connectivity index (χ1v) is 9.15. The van der Waals surface area contributed by atoms with E-state index in [0.29, 0.717) is 34.0 Å². The van der Waals surface area contributed by atoms with E-state index in [4.69, 9.17) is 23.4 Å². The lowest BCUT2D eigenvalue weighted by molar-refractivity contribution is -0.150. The van der Waals surface area contributed by atoms with Crippen LogP contribution in [-0.2, 0) is 9.53 Å². The van der Waals surface area contributed by atoms with Gasteiger partial charge in [-0.3, -0.25) is 4.79 Å². The van der Waals surface area contributed by atoms with E-state index in [9.17, 15) is 9.59 Å². The van der Waals surface area contributed by atoms with Crippen molar-refractivity contribution < 1.29 is 28.2 Å². The van der Waals surface area contributed by atoms with E-state index in [-0.39, 0.29) is 17.8 Å². The molecule has 1 aromatic heterocycles. The van der Waals surface area contributed by atoms with Crippen LogP contribution < -0.4 is 19.6 Å². The topological polar surface area (TPSA) is 84.2 Å². The van der Waals surface area contributed by atoms with Crippen molar-refractivity contribution in [2.75, 3.05) is 13.7 Å². The van der Waals surface area contributed by atoms with Crippen molar-refractivity contribution in [1.82, 2.24) is 0 Å². The van der Waals surface area contributed by atoms with Crippen molar-refractivity contribution in [3.63, 3.8) is 0 Å². The first kappa shape index (κ1) is 20.3. The number of aryl methyl sites for hydroxylation is 1. The minimum atomic E-state index is -0.782. The van der Waals surface area contributed by atoms with E-state index < -0.39 is 12.1 Å². The van der Waals surface area contributed by atoms with Gasteiger partial charge in [-0.25, -0.2) is 4.79 Å². The highest BCUT2D eigenvalue weighted by molar-refractivity contribution is 5.80. The van der Waals surface area contributed by atoms with Gasteiger partial charge < -0.3 is 23.4 Å². The molecule has 0 aliphatic heterocycles. The smallest absolute Gasteiger partial charge is 0.347 e. The van der Waals surface area contributed by atoms with Crippen LogP contribution in [0, 0.1) is 6.92 Å². The van der Waals surface area contributed by atoms with Crippen molar-refractivity contribution in [3.05, 3.63) is 58.4 Å².